The first-order valence-electron chi connectivity index (χ1n) is 11.7. The number of pyridine rings is 1. The second-order valence-corrected chi connectivity index (χ2v) is 8.40. The van der Waals surface area contributed by atoms with Crippen LogP contribution in [0.2, 0.25) is 0 Å². The summed E-state index contributed by atoms with van der Waals surface area (Å²) in [5.41, 5.74) is 4.20. The molecule has 0 bridgehead atoms. The number of benzene rings is 2. The van der Waals surface area contributed by atoms with Crippen LogP contribution in [0.4, 0.5) is 5.69 Å². The molecular formula is C27H31N2O4+. The Labute approximate surface area is 194 Å². The minimum atomic E-state index is -0.127. The van der Waals surface area contributed by atoms with Crippen molar-refractivity contribution in [3.63, 3.8) is 0 Å². The molecule has 1 N–H and O–H groups in total. The monoisotopic (exact) mass is 447 g/mol. The lowest BCUT2D eigenvalue weighted by molar-refractivity contribution is -0.344. The molecule has 1 aliphatic rings. The fourth-order valence-corrected chi connectivity index (χ4v) is 4.44. The molecule has 6 nitrogen and oxygen atoms in total. The SMILES string of the molecule is CCOC(=O)C1CCN(c2c(C(=O)c3ccc(C)cc3)c[nH+]c3ccc(OCC)cc23)CC1. The molecule has 1 aromatic heterocycles. The topological polar surface area (TPSA) is 70.0 Å². The van der Waals surface area contributed by atoms with Gasteiger partial charge in [0.1, 0.15) is 11.3 Å². The smallest absolute Gasteiger partial charge is 0.309 e. The third-order valence-corrected chi connectivity index (χ3v) is 6.17. The number of nitrogens with zero attached hydrogens (tertiary/aromatic N) is 1. The van der Waals surface area contributed by atoms with Crippen molar-refractivity contribution in [1.82, 2.24) is 0 Å². The van der Waals surface area contributed by atoms with Gasteiger partial charge in [0, 0.05) is 24.7 Å². The fraction of sp³-hybridized carbons (Fsp3) is 0.370. The highest BCUT2D eigenvalue weighted by atomic mass is 16.5. The van der Waals surface area contributed by atoms with Gasteiger partial charge in [-0.3, -0.25) is 9.59 Å². The van der Waals surface area contributed by atoms with Crippen LogP contribution in [0.3, 0.4) is 0 Å². The molecule has 172 valence electrons. The second-order valence-electron chi connectivity index (χ2n) is 8.40. The number of hydrogen-bond donors (Lipinski definition) is 0. The van der Waals surface area contributed by atoms with E-state index in [2.05, 4.69) is 9.88 Å². The third-order valence-electron chi connectivity index (χ3n) is 6.17. The van der Waals surface area contributed by atoms with E-state index in [-0.39, 0.29) is 17.7 Å². The van der Waals surface area contributed by atoms with E-state index >= 15 is 0 Å². The lowest BCUT2D eigenvalue weighted by Crippen LogP contribution is -2.38. The van der Waals surface area contributed by atoms with Gasteiger partial charge in [-0.05, 0) is 45.7 Å². The molecule has 0 atom stereocenters. The van der Waals surface area contributed by atoms with Crippen LogP contribution in [-0.4, -0.2) is 38.1 Å². The Morgan fingerprint density at radius 3 is 2.42 bits per heavy atom. The molecule has 0 aliphatic carbocycles. The number of H-pyrrole nitrogens is 1. The summed E-state index contributed by atoms with van der Waals surface area (Å²) in [7, 11) is 0. The number of ether oxygens (including phenoxy) is 2. The summed E-state index contributed by atoms with van der Waals surface area (Å²) in [6.45, 7) is 8.11. The van der Waals surface area contributed by atoms with Crippen molar-refractivity contribution < 1.29 is 24.0 Å². The number of hydrogen-bond acceptors (Lipinski definition) is 5. The van der Waals surface area contributed by atoms with Crippen LogP contribution in [0.5, 0.6) is 5.75 Å². The van der Waals surface area contributed by atoms with Gasteiger partial charge < -0.3 is 14.4 Å². The van der Waals surface area contributed by atoms with Gasteiger partial charge in [0.15, 0.2) is 6.20 Å². The Morgan fingerprint density at radius 1 is 1.03 bits per heavy atom. The standard InChI is InChI=1S/C27H30N2O4/c1-4-32-21-10-11-24-22(16-21)25(29-14-12-20(13-15-29)27(31)33-5-2)23(17-28-24)26(30)19-8-6-18(3)7-9-19/h6-11,16-17,20H,4-5,12-15H2,1-3H3/p+1. The normalized spacial score (nSPS) is 14.3. The number of carbonyl (C=O) groups is 2. The van der Waals surface area contributed by atoms with Gasteiger partial charge in [0.05, 0.1) is 30.2 Å². The van der Waals surface area contributed by atoms with E-state index in [1.54, 1.807) is 6.20 Å². The minimum absolute atomic E-state index is 0.0301. The van der Waals surface area contributed by atoms with Crippen molar-refractivity contribution in [1.29, 1.82) is 0 Å². The zero-order chi connectivity index (χ0) is 23.4. The van der Waals surface area contributed by atoms with Gasteiger partial charge in [-0.1, -0.05) is 29.8 Å². The summed E-state index contributed by atoms with van der Waals surface area (Å²) in [6.07, 6.45) is 3.20. The summed E-state index contributed by atoms with van der Waals surface area (Å²) in [6, 6.07) is 13.6. The maximum atomic E-state index is 13.6. The number of carbonyl (C=O) groups excluding carboxylic acids is 2. The van der Waals surface area contributed by atoms with Crippen LogP contribution in [0.15, 0.2) is 48.7 Å². The van der Waals surface area contributed by atoms with Crippen molar-refractivity contribution in [2.45, 2.75) is 33.6 Å². The van der Waals surface area contributed by atoms with Crippen molar-refractivity contribution >= 4 is 28.3 Å². The van der Waals surface area contributed by atoms with Gasteiger partial charge in [0.2, 0.25) is 11.3 Å². The third kappa shape index (κ3) is 4.85. The molecule has 4 rings (SSSR count). The van der Waals surface area contributed by atoms with Gasteiger partial charge in [-0.15, -0.1) is 0 Å². The quantitative estimate of drug-likeness (QED) is 0.397. The van der Waals surface area contributed by atoms with Gasteiger partial charge in [0.25, 0.3) is 0 Å². The minimum Gasteiger partial charge on any atom is -0.494 e. The molecule has 6 heteroatoms. The predicted octanol–water partition coefficient (Wildman–Crippen LogP) is 4.37. The molecule has 0 saturated carbocycles. The van der Waals surface area contributed by atoms with Crippen molar-refractivity contribution in [3.8, 4) is 5.75 Å². The molecule has 0 radical (unpaired) electrons. The second kappa shape index (κ2) is 10.0. The number of esters is 1. The number of rotatable bonds is 7. The van der Waals surface area contributed by atoms with Crippen LogP contribution in [-0.2, 0) is 9.53 Å². The number of aryl methyl sites for hydroxylation is 1. The number of aromatic amines is 1. The summed E-state index contributed by atoms with van der Waals surface area (Å²) in [5, 5.41) is 0.938. The summed E-state index contributed by atoms with van der Waals surface area (Å²) in [4.78, 5) is 31.3. The van der Waals surface area contributed by atoms with E-state index in [4.69, 9.17) is 9.47 Å². The van der Waals surface area contributed by atoms with Crippen molar-refractivity contribution in [2.24, 2.45) is 5.92 Å². The number of fused-ring (bicyclic) bond motifs is 1. The van der Waals surface area contributed by atoms with Crippen LogP contribution in [0.1, 0.15) is 48.2 Å². The highest BCUT2D eigenvalue weighted by molar-refractivity contribution is 6.15. The molecule has 1 fully saturated rings. The highest BCUT2D eigenvalue weighted by Crippen LogP contribution is 2.35. The van der Waals surface area contributed by atoms with E-state index in [1.807, 2.05) is 63.2 Å². The van der Waals surface area contributed by atoms with Gasteiger partial charge in [-0.25, -0.2) is 4.98 Å². The van der Waals surface area contributed by atoms with Crippen LogP contribution in [0.25, 0.3) is 10.9 Å². The molecule has 0 unspecified atom stereocenters. The molecule has 3 aromatic rings. The maximum absolute atomic E-state index is 13.6. The number of piperidine rings is 1. The zero-order valence-corrected chi connectivity index (χ0v) is 19.5. The Kier molecular flexibility index (Phi) is 6.92. The molecule has 33 heavy (non-hydrogen) atoms. The van der Waals surface area contributed by atoms with Gasteiger partial charge in [-0.2, -0.15) is 0 Å². The van der Waals surface area contributed by atoms with E-state index in [9.17, 15) is 9.59 Å². The Bertz CT molecular complexity index is 1150. The summed E-state index contributed by atoms with van der Waals surface area (Å²) in [5.74, 6) is 0.509. The molecular weight excluding hydrogens is 416 g/mol. The fourth-order valence-electron chi connectivity index (χ4n) is 4.44. The first-order chi connectivity index (χ1) is 16.0. The average molecular weight is 448 g/mol. The molecule has 0 amide bonds. The largest absolute Gasteiger partial charge is 0.494 e. The zero-order valence-electron chi connectivity index (χ0n) is 19.5. The number of aromatic nitrogens is 1. The van der Waals surface area contributed by atoms with E-state index < -0.39 is 0 Å². The number of anilines is 1. The number of ketones is 1. The number of nitrogens with one attached hydrogen (secondary N) is 1. The van der Waals surface area contributed by atoms with Crippen molar-refractivity contribution in [2.75, 3.05) is 31.2 Å². The van der Waals surface area contributed by atoms with Gasteiger partial charge >= 0.3 is 5.97 Å². The van der Waals surface area contributed by atoms with E-state index in [0.29, 0.717) is 50.3 Å². The molecule has 2 aromatic carbocycles. The van der Waals surface area contributed by atoms with E-state index in [1.165, 1.54) is 0 Å². The van der Waals surface area contributed by atoms with Crippen LogP contribution in [0, 0.1) is 12.8 Å². The summed E-state index contributed by atoms with van der Waals surface area (Å²) < 4.78 is 11.0. The first kappa shape index (κ1) is 22.8. The highest BCUT2D eigenvalue weighted by Gasteiger charge is 2.30. The predicted molar refractivity (Wildman–Crippen MR) is 128 cm³/mol. The first-order valence-corrected chi connectivity index (χ1v) is 11.7. The Morgan fingerprint density at radius 2 is 1.76 bits per heavy atom. The molecule has 1 aliphatic heterocycles. The lowest BCUT2D eigenvalue weighted by Gasteiger charge is -2.33. The van der Waals surface area contributed by atoms with E-state index in [0.717, 1.165) is 27.9 Å². The van der Waals surface area contributed by atoms with Crippen LogP contribution < -0.4 is 14.6 Å². The Balaban J connectivity index is 1.76. The lowest BCUT2D eigenvalue weighted by atomic mass is 9.94. The molecule has 0 spiro atoms. The van der Waals surface area contributed by atoms with Crippen molar-refractivity contribution in [3.05, 3.63) is 65.4 Å². The molecule has 2 heterocycles. The molecule has 1 saturated heterocycles. The summed E-state index contributed by atoms with van der Waals surface area (Å²) >= 11 is 0. The van der Waals surface area contributed by atoms with Crippen LogP contribution >= 0.6 is 0 Å². The Hall–Kier alpha value is -3.41. The average Bonchev–Trinajstić information content (AvgIpc) is 2.84. The maximum Gasteiger partial charge on any atom is 0.309 e.